The zero-order valence-electron chi connectivity index (χ0n) is 16.7. The van der Waals surface area contributed by atoms with E-state index >= 15 is 0 Å². The third-order valence-corrected chi connectivity index (χ3v) is 6.80. The molecule has 0 aliphatic heterocycles. The molecule has 0 spiro atoms. The van der Waals surface area contributed by atoms with Gasteiger partial charge in [0, 0.05) is 0 Å². The van der Waals surface area contributed by atoms with Crippen molar-refractivity contribution in [3.63, 3.8) is 0 Å². The highest BCUT2D eigenvalue weighted by Crippen LogP contribution is 2.34. The van der Waals surface area contributed by atoms with E-state index in [4.69, 9.17) is 0 Å². The van der Waals surface area contributed by atoms with Crippen LogP contribution >= 0.6 is 23.1 Å². The SMILES string of the molecule is Cc1ccccc1-n1c(C)nnc1SC(C)/C(O)=C(\C#N)c1nc2ccccc2s1. The summed E-state index contributed by atoms with van der Waals surface area (Å²) in [6.45, 7) is 5.77. The molecule has 1 atom stereocenters. The molecule has 4 rings (SSSR count). The van der Waals surface area contributed by atoms with Gasteiger partial charge >= 0.3 is 0 Å². The Morgan fingerprint density at radius 1 is 1.13 bits per heavy atom. The fourth-order valence-electron chi connectivity index (χ4n) is 3.12. The molecule has 0 fully saturated rings. The average Bonchev–Trinajstić information content (AvgIpc) is 3.32. The Morgan fingerprint density at radius 2 is 1.87 bits per heavy atom. The van der Waals surface area contributed by atoms with Gasteiger partial charge in [-0.1, -0.05) is 42.1 Å². The van der Waals surface area contributed by atoms with Crippen molar-refractivity contribution in [1.29, 1.82) is 5.26 Å². The second kappa shape index (κ2) is 8.30. The molecule has 1 unspecified atom stereocenters. The van der Waals surface area contributed by atoms with Crippen molar-refractivity contribution in [1.82, 2.24) is 19.7 Å². The first-order valence-electron chi connectivity index (χ1n) is 9.33. The standard InChI is InChI=1S/C22H19N5OS2/c1-13-8-4-6-10-18(13)27-15(3)25-26-22(27)29-14(2)20(28)16(12-23)21-24-17-9-5-7-11-19(17)30-21/h4-11,14,28H,1-3H3/b20-16-. The Bertz CT molecular complexity index is 1270. The predicted molar refractivity (Wildman–Crippen MR) is 121 cm³/mol. The van der Waals surface area contributed by atoms with Crippen molar-refractivity contribution >= 4 is 38.9 Å². The molecule has 0 aliphatic carbocycles. The molecule has 0 aliphatic rings. The number of aliphatic hydroxyl groups is 1. The van der Waals surface area contributed by atoms with Crippen molar-refractivity contribution in [2.75, 3.05) is 0 Å². The summed E-state index contributed by atoms with van der Waals surface area (Å²) in [6, 6.07) is 17.8. The van der Waals surface area contributed by atoms with E-state index in [1.807, 2.05) is 73.9 Å². The van der Waals surface area contributed by atoms with Gasteiger partial charge in [0.1, 0.15) is 28.2 Å². The third-order valence-electron chi connectivity index (χ3n) is 4.69. The number of benzene rings is 2. The molecule has 2 heterocycles. The van der Waals surface area contributed by atoms with Crippen LogP contribution < -0.4 is 0 Å². The van der Waals surface area contributed by atoms with Crippen LogP contribution in [0.15, 0.2) is 59.4 Å². The van der Waals surface area contributed by atoms with Gasteiger partial charge < -0.3 is 5.11 Å². The lowest BCUT2D eigenvalue weighted by molar-refractivity contribution is 0.402. The number of thioether (sulfide) groups is 1. The largest absolute Gasteiger partial charge is 0.510 e. The minimum atomic E-state index is -0.405. The second-order valence-electron chi connectivity index (χ2n) is 6.77. The highest BCUT2D eigenvalue weighted by Gasteiger charge is 2.22. The van der Waals surface area contributed by atoms with E-state index in [9.17, 15) is 10.4 Å². The zero-order chi connectivity index (χ0) is 21.3. The zero-order valence-corrected chi connectivity index (χ0v) is 18.3. The highest BCUT2D eigenvalue weighted by atomic mass is 32.2. The summed E-state index contributed by atoms with van der Waals surface area (Å²) >= 11 is 2.75. The Kier molecular flexibility index (Phi) is 5.57. The van der Waals surface area contributed by atoms with Crippen LogP contribution in [-0.4, -0.2) is 30.1 Å². The molecule has 2 aromatic carbocycles. The van der Waals surface area contributed by atoms with Gasteiger partial charge in [0.25, 0.3) is 0 Å². The summed E-state index contributed by atoms with van der Waals surface area (Å²) < 4.78 is 2.94. The van der Waals surface area contributed by atoms with Gasteiger partial charge in [0.2, 0.25) is 0 Å². The summed E-state index contributed by atoms with van der Waals surface area (Å²) in [5.41, 5.74) is 3.09. The molecule has 0 radical (unpaired) electrons. The van der Waals surface area contributed by atoms with Crippen LogP contribution in [0.2, 0.25) is 0 Å². The van der Waals surface area contributed by atoms with Crippen LogP contribution in [0, 0.1) is 25.2 Å². The number of para-hydroxylation sites is 2. The normalized spacial score (nSPS) is 13.1. The smallest absolute Gasteiger partial charge is 0.196 e. The molecular weight excluding hydrogens is 414 g/mol. The van der Waals surface area contributed by atoms with Crippen LogP contribution in [0.1, 0.15) is 23.3 Å². The summed E-state index contributed by atoms with van der Waals surface area (Å²) in [6.07, 6.45) is 0. The fourth-order valence-corrected chi connectivity index (χ4v) is 5.06. The molecule has 0 amide bonds. The third kappa shape index (κ3) is 3.70. The number of aliphatic hydroxyl groups excluding tert-OH is 1. The summed E-state index contributed by atoms with van der Waals surface area (Å²) in [5.74, 6) is 0.743. The van der Waals surface area contributed by atoms with Gasteiger partial charge in [-0.15, -0.1) is 21.5 Å². The molecule has 0 saturated heterocycles. The first kappa shape index (κ1) is 20.1. The average molecular weight is 434 g/mol. The monoisotopic (exact) mass is 433 g/mol. The van der Waals surface area contributed by atoms with Crippen molar-refractivity contribution in [2.45, 2.75) is 31.2 Å². The van der Waals surface area contributed by atoms with Crippen LogP contribution in [0.4, 0.5) is 0 Å². The first-order chi connectivity index (χ1) is 14.5. The molecular formula is C22H19N5OS2. The number of hydrogen-bond donors (Lipinski definition) is 1. The van der Waals surface area contributed by atoms with E-state index in [-0.39, 0.29) is 11.3 Å². The molecule has 6 nitrogen and oxygen atoms in total. The molecule has 1 N–H and O–H groups in total. The number of nitriles is 1. The van der Waals surface area contributed by atoms with Crippen LogP contribution in [0.5, 0.6) is 0 Å². The highest BCUT2D eigenvalue weighted by molar-refractivity contribution is 7.99. The Labute approximate surface area is 182 Å². The van der Waals surface area contributed by atoms with Gasteiger partial charge in [-0.05, 0) is 44.5 Å². The number of allylic oxidation sites excluding steroid dienone is 1. The number of rotatable bonds is 5. The van der Waals surface area contributed by atoms with Crippen LogP contribution in [-0.2, 0) is 0 Å². The molecule has 4 aromatic rings. The minimum absolute atomic E-state index is 0.0152. The number of aromatic nitrogens is 4. The van der Waals surface area contributed by atoms with E-state index < -0.39 is 5.25 Å². The summed E-state index contributed by atoms with van der Waals surface area (Å²) in [4.78, 5) is 4.51. The molecule has 2 aromatic heterocycles. The lowest BCUT2D eigenvalue weighted by Crippen LogP contribution is -2.07. The summed E-state index contributed by atoms with van der Waals surface area (Å²) in [5, 5.41) is 29.9. The van der Waals surface area contributed by atoms with E-state index in [0.29, 0.717) is 10.2 Å². The maximum Gasteiger partial charge on any atom is 0.196 e. The van der Waals surface area contributed by atoms with Gasteiger partial charge in [-0.25, -0.2) is 4.98 Å². The minimum Gasteiger partial charge on any atom is -0.510 e. The van der Waals surface area contributed by atoms with E-state index in [1.165, 1.54) is 23.1 Å². The Balaban J connectivity index is 1.69. The maximum absolute atomic E-state index is 10.9. The lowest BCUT2D eigenvalue weighted by Gasteiger charge is -2.14. The lowest BCUT2D eigenvalue weighted by atomic mass is 10.2. The molecule has 30 heavy (non-hydrogen) atoms. The molecule has 150 valence electrons. The van der Waals surface area contributed by atoms with E-state index in [2.05, 4.69) is 21.3 Å². The number of aryl methyl sites for hydroxylation is 2. The van der Waals surface area contributed by atoms with Crippen molar-refractivity contribution in [3.05, 3.63) is 70.7 Å². The number of nitrogens with zero attached hydrogens (tertiary/aromatic N) is 5. The van der Waals surface area contributed by atoms with Crippen LogP contribution in [0.3, 0.4) is 0 Å². The second-order valence-corrected chi connectivity index (χ2v) is 9.11. The van der Waals surface area contributed by atoms with Gasteiger partial charge in [0.05, 0.1) is 21.2 Å². The van der Waals surface area contributed by atoms with Crippen molar-refractivity contribution < 1.29 is 5.11 Å². The number of thiazole rings is 1. The van der Waals surface area contributed by atoms with Gasteiger partial charge in [0.15, 0.2) is 5.16 Å². The molecule has 0 saturated carbocycles. The van der Waals surface area contributed by atoms with Crippen LogP contribution in [0.25, 0.3) is 21.5 Å². The number of fused-ring (bicyclic) bond motifs is 1. The van der Waals surface area contributed by atoms with E-state index in [0.717, 1.165) is 27.3 Å². The Hall–Kier alpha value is -3.15. The molecule has 8 heteroatoms. The topological polar surface area (TPSA) is 87.6 Å². The quantitative estimate of drug-likeness (QED) is 0.255. The molecule has 0 bridgehead atoms. The number of hydrogen-bond acceptors (Lipinski definition) is 7. The first-order valence-corrected chi connectivity index (χ1v) is 11.0. The Morgan fingerprint density at radius 3 is 2.60 bits per heavy atom. The summed E-state index contributed by atoms with van der Waals surface area (Å²) in [7, 11) is 0. The fraction of sp³-hybridized carbons (Fsp3) is 0.182. The van der Waals surface area contributed by atoms with Crippen molar-refractivity contribution in [3.8, 4) is 11.8 Å². The maximum atomic E-state index is 10.9. The van der Waals surface area contributed by atoms with Gasteiger partial charge in [-0.3, -0.25) is 4.57 Å². The van der Waals surface area contributed by atoms with Crippen molar-refractivity contribution in [2.24, 2.45) is 0 Å². The van der Waals surface area contributed by atoms with Gasteiger partial charge in [-0.2, -0.15) is 5.26 Å². The predicted octanol–water partition coefficient (Wildman–Crippen LogP) is 5.47. The van der Waals surface area contributed by atoms with E-state index in [1.54, 1.807) is 0 Å².